The normalized spacial score (nSPS) is 15.1. The van der Waals surface area contributed by atoms with Gasteiger partial charge in [-0.25, -0.2) is 4.68 Å². The van der Waals surface area contributed by atoms with Gasteiger partial charge < -0.3 is 4.90 Å². The number of hydrogen-bond donors (Lipinski definition) is 1. The van der Waals surface area contributed by atoms with E-state index in [1.165, 1.54) is 11.1 Å². The molecule has 0 atom stereocenters. The zero-order chi connectivity index (χ0) is 19.8. The molecule has 1 N–H and O–H groups in total. The van der Waals surface area contributed by atoms with Crippen LogP contribution in [0.1, 0.15) is 29.9 Å². The molecule has 1 aliphatic heterocycles. The number of fused-ring (bicyclic) bond motifs is 1. The summed E-state index contributed by atoms with van der Waals surface area (Å²) in [6.07, 6.45) is 3.68. The van der Waals surface area contributed by atoms with E-state index in [2.05, 4.69) is 46.2 Å². The number of aryl methyl sites for hydroxylation is 1. The van der Waals surface area contributed by atoms with Gasteiger partial charge in [-0.3, -0.25) is 9.78 Å². The van der Waals surface area contributed by atoms with Gasteiger partial charge in [0.2, 0.25) is 5.95 Å². The second kappa shape index (κ2) is 7.20. The molecule has 4 aromatic rings. The first-order chi connectivity index (χ1) is 14.2. The average Bonchev–Trinajstić information content (AvgIpc) is 3.20. The Kier molecular flexibility index (Phi) is 4.39. The largest absolute Gasteiger partial charge is 0.342 e. The van der Waals surface area contributed by atoms with Gasteiger partial charge in [-0.05, 0) is 48.9 Å². The number of benzene rings is 2. The first-order valence-corrected chi connectivity index (χ1v) is 10.0. The van der Waals surface area contributed by atoms with E-state index < -0.39 is 0 Å². The van der Waals surface area contributed by atoms with Crippen molar-refractivity contribution >= 4 is 17.0 Å². The molecule has 0 saturated carbocycles. The Morgan fingerprint density at radius 1 is 1.00 bits per heavy atom. The highest BCUT2D eigenvalue weighted by Crippen LogP contribution is 2.31. The molecule has 0 unspecified atom stereocenters. The first-order valence-electron chi connectivity index (χ1n) is 10.0. The first kappa shape index (κ1) is 17.7. The van der Waals surface area contributed by atoms with Crippen molar-refractivity contribution in [3.8, 4) is 5.69 Å². The van der Waals surface area contributed by atoms with Crippen molar-refractivity contribution in [3.05, 3.63) is 82.3 Å². The fourth-order valence-corrected chi connectivity index (χ4v) is 4.26. The van der Waals surface area contributed by atoms with Crippen LogP contribution in [0.3, 0.4) is 0 Å². The Labute approximate surface area is 168 Å². The maximum atomic E-state index is 12.6. The van der Waals surface area contributed by atoms with Crippen LogP contribution in [0.5, 0.6) is 0 Å². The van der Waals surface area contributed by atoms with Crippen molar-refractivity contribution in [2.24, 2.45) is 0 Å². The molecule has 1 aliphatic rings. The highest BCUT2D eigenvalue weighted by atomic mass is 16.1. The van der Waals surface area contributed by atoms with Gasteiger partial charge in [0.05, 0.1) is 11.9 Å². The summed E-state index contributed by atoms with van der Waals surface area (Å²) in [7, 11) is 0. The molecule has 146 valence electrons. The summed E-state index contributed by atoms with van der Waals surface area (Å²) in [6, 6.07) is 18.4. The lowest BCUT2D eigenvalue weighted by molar-refractivity contribution is 0.498. The summed E-state index contributed by atoms with van der Waals surface area (Å²) >= 11 is 0. The third-order valence-electron chi connectivity index (χ3n) is 5.85. The summed E-state index contributed by atoms with van der Waals surface area (Å²) in [5.41, 5.74) is 4.13. The molecule has 0 spiro atoms. The third-order valence-corrected chi connectivity index (χ3v) is 5.85. The standard InChI is InChI=1S/C23H23N5O/c1-16-7-5-6-10-19(16)17-11-13-27(14-12-17)23-25-21-20(22(29)26-23)15-24-28(21)18-8-3-2-4-9-18/h2-10,15,17H,11-14H2,1H3,(H,25,26,29). The number of nitrogens with one attached hydrogen (secondary N) is 1. The number of aromatic amines is 1. The van der Waals surface area contributed by atoms with E-state index in [0.29, 0.717) is 22.9 Å². The number of piperidine rings is 1. The molecule has 0 radical (unpaired) electrons. The molecule has 1 saturated heterocycles. The minimum absolute atomic E-state index is 0.145. The molecule has 2 aromatic heterocycles. The molecule has 5 rings (SSSR count). The van der Waals surface area contributed by atoms with E-state index in [1.807, 2.05) is 30.3 Å². The lowest BCUT2D eigenvalue weighted by atomic mass is 9.87. The lowest BCUT2D eigenvalue weighted by Gasteiger charge is -2.33. The van der Waals surface area contributed by atoms with Crippen molar-refractivity contribution in [2.45, 2.75) is 25.7 Å². The highest BCUT2D eigenvalue weighted by Gasteiger charge is 2.24. The van der Waals surface area contributed by atoms with Crippen molar-refractivity contribution in [1.29, 1.82) is 0 Å². The van der Waals surface area contributed by atoms with Crippen LogP contribution in [0.15, 0.2) is 65.6 Å². The van der Waals surface area contributed by atoms with Crippen molar-refractivity contribution in [2.75, 3.05) is 18.0 Å². The zero-order valence-corrected chi connectivity index (χ0v) is 16.4. The van der Waals surface area contributed by atoms with Gasteiger partial charge in [0.1, 0.15) is 5.39 Å². The lowest BCUT2D eigenvalue weighted by Crippen LogP contribution is -2.35. The molecule has 6 heteroatoms. The van der Waals surface area contributed by atoms with E-state index >= 15 is 0 Å². The summed E-state index contributed by atoms with van der Waals surface area (Å²) in [6.45, 7) is 3.92. The molecular formula is C23H23N5O. The Morgan fingerprint density at radius 3 is 2.48 bits per heavy atom. The van der Waals surface area contributed by atoms with E-state index in [-0.39, 0.29) is 5.56 Å². The Hall–Kier alpha value is -3.41. The fraction of sp³-hybridized carbons (Fsp3) is 0.261. The number of para-hydroxylation sites is 1. The Morgan fingerprint density at radius 2 is 1.72 bits per heavy atom. The van der Waals surface area contributed by atoms with Crippen LogP contribution in [0.4, 0.5) is 5.95 Å². The number of nitrogens with zero attached hydrogens (tertiary/aromatic N) is 4. The van der Waals surface area contributed by atoms with Crippen LogP contribution in [0.2, 0.25) is 0 Å². The molecule has 1 fully saturated rings. The number of anilines is 1. The molecular weight excluding hydrogens is 362 g/mol. The molecule has 0 amide bonds. The number of H-pyrrole nitrogens is 1. The second-order valence-electron chi connectivity index (χ2n) is 7.64. The molecule has 2 aromatic carbocycles. The third kappa shape index (κ3) is 3.20. The van der Waals surface area contributed by atoms with E-state index in [4.69, 9.17) is 4.98 Å². The van der Waals surface area contributed by atoms with Crippen LogP contribution >= 0.6 is 0 Å². The summed E-state index contributed by atoms with van der Waals surface area (Å²) < 4.78 is 1.73. The monoisotopic (exact) mass is 385 g/mol. The predicted molar refractivity (Wildman–Crippen MR) is 115 cm³/mol. The Balaban J connectivity index is 1.44. The Bertz CT molecular complexity index is 1200. The van der Waals surface area contributed by atoms with E-state index in [0.717, 1.165) is 31.6 Å². The minimum atomic E-state index is -0.145. The van der Waals surface area contributed by atoms with Gasteiger partial charge >= 0.3 is 0 Å². The topological polar surface area (TPSA) is 66.8 Å². The van der Waals surface area contributed by atoms with Gasteiger partial charge in [0, 0.05) is 13.1 Å². The van der Waals surface area contributed by atoms with Gasteiger partial charge in [0.15, 0.2) is 5.65 Å². The number of hydrogen-bond acceptors (Lipinski definition) is 4. The zero-order valence-electron chi connectivity index (χ0n) is 16.4. The van der Waals surface area contributed by atoms with Crippen LogP contribution in [0.25, 0.3) is 16.7 Å². The van der Waals surface area contributed by atoms with Gasteiger partial charge in [-0.1, -0.05) is 42.5 Å². The van der Waals surface area contributed by atoms with E-state index in [9.17, 15) is 4.79 Å². The molecule has 29 heavy (non-hydrogen) atoms. The smallest absolute Gasteiger partial charge is 0.263 e. The van der Waals surface area contributed by atoms with E-state index in [1.54, 1.807) is 10.9 Å². The maximum Gasteiger partial charge on any atom is 0.263 e. The molecule has 3 heterocycles. The van der Waals surface area contributed by atoms with Gasteiger partial charge in [-0.15, -0.1) is 0 Å². The van der Waals surface area contributed by atoms with Gasteiger partial charge in [0.25, 0.3) is 5.56 Å². The average molecular weight is 385 g/mol. The maximum absolute atomic E-state index is 12.6. The molecule has 6 nitrogen and oxygen atoms in total. The fourth-order valence-electron chi connectivity index (χ4n) is 4.26. The minimum Gasteiger partial charge on any atom is -0.342 e. The SMILES string of the molecule is Cc1ccccc1C1CCN(c2nc3c(cnn3-c3ccccc3)c(=O)[nH]2)CC1. The van der Waals surface area contributed by atoms with Crippen LogP contribution < -0.4 is 10.5 Å². The molecule has 0 aliphatic carbocycles. The van der Waals surface area contributed by atoms with Crippen LogP contribution in [-0.2, 0) is 0 Å². The van der Waals surface area contributed by atoms with Crippen molar-refractivity contribution in [3.63, 3.8) is 0 Å². The van der Waals surface area contributed by atoms with Crippen LogP contribution in [-0.4, -0.2) is 32.8 Å². The number of aromatic nitrogens is 4. The van der Waals surface area contributed by atoms with Crippen molar-refractivity contribution < 1.29 is 0 Å². The number of rotatable bonds is 3. The van der Waals surface area contributed by atoms with Crippen LogP contribution in [0, 0.1) is 6.92 Å². The summed E-state index contributed by atoms with van der Waals surface area (Å²) in [4.78, 5) is 22.6. The quantitative estimate of drug-likeness (QED) is 0.582. The summed E-state index contributed by atoms with van der Waals surface area (Å²) in [5, 5.41) is 4.90. The van der Waals surface area contributed by atoms with Crippen molar-refractivity contribution in [1.82, 2.24) is 19.7 Å². The summed E-state index contributed by atoms with van der Waals surface area (Å²) in [5.74, 6) is 1.18. The van der Waals surface area contributed by atoms with Gasteiger partial charge in [-0.2, -0.15) is 10.1 Å². The molecule has 0 bridgehead atoms. The second-order valence-corrected chi connectivity index (χ2v) is 7.64. The predicted octanol–water partition coefficient (Wildman–Crippen LogP) is 3.80. The highest BCUT2D eigenvalue weighted by molar-refractivity contribution is 5.76.